The zero-order valence-electron chi connectivity index (χ0n) is 14.3. The van der Waals surface area contributed by atoms with E-state index in [2.05, 4.69) is 10.4 Å². The molecule has 1 saturated heterocycles. The molecule has 1 N–H and O–H groups in total. The average molecular weight is 344 g/mol. The fraction of sp³-hybridized carbons (Fsp3) is 0.389. The van der Waals surface area contributed by atoms with E-state index < -0.39 is 11.6 Å². The van der Waals surface area contributed by atoms with Crippen LogP contribution in [0.2, 0.25) is 0 Å². The van der Waals surface area contributed by atoms with E-state index in [9.17, 15) is 14.0 Å². The molecule has 7 heteroatoms. The molecular weight excluding hydrogens is 323 g/mol. The van der Waals surface area contributed by atoms with E-state index in [0.717, 1.165) is 5.56 Å². The number of nitrogens with zero attached hydrogens (tertiary/aromatic N) is 3. The van der Waals surface area contributed by atoms with Crippen LogP contribution in [0.4, 0.5) is 9.18 Å². The summed E-state index contributed by atoms with van der Waals surface area (Å²) in [5.41, 5.74) is 0.481. The van der Waals surface area contributed by atoms with Gasteiger partial charge in [0.2, 0.25) is 0 Å². The second kappa shape index (κ2) is 6.66. The van der Waals surface area contributed by atoms with Crippen LogP contribution in [-0.4, -0.2) is 33.2 Å². The van der Waals surface area contributed by atoms with Crippen LogP contribution in [0.5, 0.6) is 0 Å². The van der Waals surface area contributed by atoms with E-state index in [4.69, 9.17) is 0 Å². The zero-order chi connectivity index (χ0) is 18.0. The van der Waals surface area contributed by atoms with Gasteiger partial charge >= 0.3 is 6.03 Å². The minimum atomic E-state index is -1.05. The maximum absolute atomic E-state index is 13.2. The fourth-order valence-corrected chi connectivity index (χ4v) is 3.24. The Morgan fingerprint density at radius 3 is 2.76 bits per heavy atom. The molecule has 1 aliphatic rings. The maximum Gasteiger partial charge on any atom is 0.325 e. The van der Waals surface area contributed by atoms with E-state index in [1.807, 2.05) is 13.0 Å². The summed E-state index contributed by atoms with van der Waals surface area (Å²) in [4.78, 5) is 26.5. The lowest BCUT2D eigenvalue weighted by Gasteiger charge is -2.23. The number of carbonyl (C=O) groups is 2. The summed E-state index contributed by atoms with van der Waals surface area (Å²) in [6, 6.07) is 5.96. The Morgan fingerprint density at radius 1 is 1.32 bits per heavy atom. The number of amides is 3. The van der Waals surface area contributed by atoms with Gasteiger partial charge in [0.05, 0.1) is 6.20 Å². The van der Waals surface area contributed by atoms with Crippen LogP contribution in [0, 0.1) is 5.82 Å². The Balaban J connectivity index is 1.70. The van der Waals surface area contributed by atoms with Crippen molar-refractivity contribution in [1.29, 1.82) is 0 Å². The van der Waals surface area contributed by atoms with Gasteiger partial charge in [0.25, 0.3) is 5.91 Å². The van der Waals surface area contributed by atoms with E-state index in [1.54, 1.807) is 30.2 Å². The Hall–Kier alpha value is -2.70. The molecule has 3 rings (SSSR count). The molecule has 1 aromatic carbocycles. The molecule has 132 valence electrons. The number of carbonyl (C=O) groups excluding carboxylic acids is 2. The van der Waals surface area contributed by atoms with Gasteiger partial charge in [0.1, 0.15) is 11.4 Å². The first-order valence-corrected chi connectivity index (χ1v) is 8.34. The summed E-state index contributed by atoms with van der Waals surface area (Å²) >= 11 is 0. The highest BCUT2D eigenvalue weighted by Gasteiger charge is 2.51. The molecule has 0 spiro atoms. The number of imide groups is 1. The molecule has 0 saturated carbocycles. The molecule has 1 aromatic heterocycles. The molecule has 1 aliphatic heterocycles. The molecule has 1 atom stereocenters. The molecule has 0 bridgehead atoms. The number of benzene rings is 1. The molecule has 6 nitrogen and oxygen atoms in total. The maximum atomic E-state index is 13.2. The van der Waals surface area contributed by atoms with Crippen LogP contribution in [0.1, 0.15) is 30.9 Å². The van der Waals surface area contributed by atoms with Gasteiger partial charge in [-0.05, 0) is 37.0 Å². The molecule has 1 fully saturated rings. The molecule has 2 heterocycles. The lowest BCUT2D eigenvalue weighted by Crippen LogP contribution is -2.43. The number of aromatic nitrogens is 2. The van der Waals surface area contributed by atoms with E-state index >= 15 is 0 Å². The smallest absolute Gasteiger partial charge is 0.319 e. The normalized spacial score (nSPS) is 20.2. The van der Waals surface area contributed by atoms with E-state index in [-0.39, 0.29) is 11.7 Å². The van der Waals surface area contributed by atoms with Crippen LogP contribution >= 0.6 is 0 Å². The van der Waals surface area contributed by atoms with E-state index in [1.165, 1.54) is 17.0 Å². The van der Waals surface area contributed by atoms with Gasteiger partial charge in [-0.15, -0.1) is 0 Å². The van der Waals surface area contributed by atoms with Crippen molar-refractivity contribution >= 4 is 11.9 Å². The number of nitrogens with one attached hydrogen (secondary N) is 1. The van der Waals surface area contributed by atoms with Gasteiger partial charge in [-0.3, -0.25) is 14.4 Å². The fourth-order valence-electron chi connectivity index (χ4n) is 3.24. The minimum absolute atomic E-state index is 0.257. The summed E-state index contributed by atoms with van der Waals surface area (Å²) in [5, 5.41) is 6.94. The Kier molecular flexibility index (Phi) is 4.57. The number of rotatable bonds is 6. The quantitative estimate of drug-likeness (QED) is 0.818. The number of halogens is 1. The zero-order valence-corrected chi connectivity index (χ0v) is 14.3. The van der Waals surface area contributed by atoms with Crippen LogP contribution in [0.3, 0.4) is 0 Å². The van der Waals surface area contributed by atoms with Crippen LogP contribution < -0.4 is 5.32 Å². The molecule has 25 heavy (non-hydrogen) atoms. The van der Waals surface area contributed by atoms with Crippen molar-refractivity contribution in [3.05, 3.63) is 53.6 Å². The highest BCUT2D eigenvalue weighted by atomic mass is 19.1. The molecular formula is C18H21FN4O2. The number of hydrogen-bond donors (Lipinski definition) is 1. The summed E-state index contributed by atoms with van der Waals surface area (Å²) in [7, 11) is 1.77. The van der Waals surface area contributed by atoms with Crippen molar-refractivity contribution in [2.45, 2.75) is 31.7 Å². The van der Waals surface area contributed by atoms with Crippen LogP contribution in [-0.2, 0) is 23.8 Å². The number of aryl methyl sites for hydroxylation is 2. The first-order valence-electron chi connectivity index (χ1n) is 8.34. The second-order valence-electron chi connectivity index (χ2n) is 6.28. The van der Waals surface area contributed by atoms with Crippen molar-refractivity contribution in [2.75, 3.05) is 6.54 Å². The van der Waals surface area contributed by atoms with E-state index in [0.29, 0.717) is 31.4 Å². The Labute approximate surface area is 145 Å². The Morgan fingerprint density at radius 2 is 2.12 bits per heavy atom. The van der Waals surface area contributed by atoms with Crippen molar-refractivity contribution in [3.8, 4) is 0 Å². The highest BCUT2D eigenvalue weighted by Crippen LogP contribution is 2.32. The molecule has 0 aliphatic carbocycles. The van der Waals surface area contributed by atoms with Crippen LogP contribution in [0.25, 0.3) is 0 Å². The Bertz CT molecular complexity index is 804. The number of urea groups is 1. The number of hydrogen-bond acceptors (Lipinski definition) is 3. The van der Waals surface area contributed by atoms with Crippen molar-refractivity contribution in [3.63, 3.8) is 0 Å². The first-order chi connectivity index (χ1) is 12.0. The van der Waals surface area contributed by atoms with Gasteiger partial charge in [0, 0.05) is 25.4 Å². The van der Waals surface area contributed by atoms with Gasteiger partial charge in [-0.1, -0.05) is 19.1 Å². The predicted octanol–water partition coefficient (Wildman–Crippen LogP) is 2.35. The van der Waals surface area contributed by atoms with Gasteiger partial charge < -0.3 is 5.32 Å². The molecule has 1 unspecified atom stereocenters. The largest absolute Gasteiger partial charge is 0.325 e. The van der Waals surface area contributed by atoms with Crippen molar-refractivity contribution in [1.82, 2.24) is 20.0 Å². The van der Waals surface area contributed by atoms with Gasteiger partial charge in [-0.2, -0.15) is 5.10 Å². The van der Waals surface area contributed by atoms with Gasteiger partial charge in [-0.25, -0.2) is 9.18 Å². The topological polar surface area (TPSA) is 67.2 Å². The highest BCUT2D eigenvalue weighted by molar-refractivity contribution is 6.07. The summed E-state index contributed by atoms with van der Waals surface area (Å²) in [5.74, 6) is -0.540. The third kappa shape index (κ3) is 3.14. The lowest BCUT2D eigenvalue weighted by atomic mass is 9.89. The van der Waals surface area contributed by atoms with Crippen LogP contribution in [0.15, 0.2) is 36.7 Å². The third-order valence-electron chi connectivity index (χ3n) is 4.64. The average Bonchev–Trinajstić information content (AvgIpc) is 3.12. The SMILES string of the molecule is CCC1(c2cnn(C)c2)NC(=O)N(CCCc2cccc(F)c2)C1=O. The predicted molar refractivity (Wildman–Crippen MR) is 90.1 cm³/mol. The lowest BCUT2D eigenvalue weighted by molar-refractivity contribution is -0.131. The van der Waals surface area contributed by atoms with Gasteiger partial charge in [0.15, 0.2) is 0 Å². The molecule has 3 amide bonds. The monoisotopic (exact) mass is 344 g/mol. The summed E-state index contributed by atoms with van der Waals surface area (Å²) in [6.45, 7) is 2.16. The third-order valence-corrected chi connectivity index (χ3v) is 4.64. The molecule has 2 aromatic rings. The summed E-state index contributed by atoms with van der Waals surface area (Å²) < 4.78 is 14.8. The molecule has 0 radical (unpaired) electrons. The standard InChI is InChI=1S/C18H21FN4O2/c1-3-18(14-11-20-22(2)12-14)16(24)23(17(25)21-18)9-5-7-13-6-4-8-15(19)10-13/h4,6,8,10-12H,3,5,7,9H2,1-2H3,(H,21,25). The first kappa shape index (κ1) is 17.1. The second-order valence-corrected chi connectivity index (χ2v) is 6.28. The van der Waals surface area contributed by atoms with Crippen molar-refractivity contribution in [2.24, 2.45) is 7.05 Å². The minimum Gasteiger partial charge on any atom is -0.319 e. The summed E-state index contributed by atoms with van der Waals surface area (Å²) in [6.07, 6.45) is 4.98. The van der Waals surface area contributed by atoms with Crippen molar-refractivity contribution < 1.29 is 14.0 Å².